The molecule has 0 aromatic rings. The summed E-state index contributed by atoms with van der Waals surface area (Å²) in [7, 11) is 0. The van der Waals surface area contributed by atoms with Gasteiger partial charge in [-0.15, -0.1) is 24.9 Å². The smallest absolute Gasteiger partial charge is 0.310 e. The van der Waals surface area contributed by atoms with E-state index in [1.807, 2.05) is 18.7 Å². The third kappa shape index (κ3) is 5.94. The molecule has 7 nitrogen and oxygen atoms in total. The van der Waals surface area contributed by atoms with Gasteiger partial charge in [0, 0.05) is 22.2 Å². The number of fused-ring (bicyclic) bond motifs is 1. The highest BCUT2D eigenvalue weighted by atomic mass is 79.9. The Morgan fingerprint density at radius 3 is 2.45 bits per heavy atom. The number of aliphatic hydroxyl groups is 1. The number of hydrogen-bond acceptors (Lipinski definition) is 6. The second-order valence-electron chi connectivity index (χ2n) is 13.6. The summed E-state index contributed by atoms with van der Waals surface area (Å²) in [6.45, 7) is 22.6. The van der Waals surface area contributed by atoms with Crippen molar-refractivity contribution in [2.75, 3.05) is 19.8 Å². The lowest BCUT2D eigenvalue weighted by atomic mass is 9.70. The van der Waals surface area contributed by atoms with Crippen LogP contribution in [0.1, 0.15) is 74.1 Å². The molecule has 2 amide bonds. The maximum atomic E-state index is 14.9. The zero-order chi connectivity index (χ0) is 30.2. The molecule has 0 aliphatic carbocycles. The van der Waals surface area contributed by atoms with Crippen LogP contribution in [0.5, 0.6) is 0 Å². The fourth-order valence-electron chi connectivity index (χ4n) is 7.43. The van der Waals surface area contributed by atoms with Crippen molar-refractivity contribution in [1.82, 2.24) is 9.80 Å². The van der Waals surface area contributed by atoms with Gasteiger partial charge in [-0.2, -0.15) is 0 Å². The van der Waals surface area contributed by atoms with E-state index in [0.29, 0.717) is 19.4 Å². The van der Waals surface area contributed by atoms with Crippen molar-refractivity contribution in [2.45, 2.75) is 107 Å². The van der Waals surface area contributed by atoms with E-state index in [1.165, 1.54) is 0 Å². The number of carbonyl (C=O) groups is 3. The molecule has 0 radical (unpaired) electrons. The summed E-state index contributed by atoms with van der Waals surface area (Å²) in [6.07, 6.45) is 6.04. The van der Waals surface area contributed by atoms with Gasteiger partial charge >= 0.3 is 5.97 Å². The van der Waals surface area contributed by atoms with Crippen LogP contribution in [-0.2, 0) is 19.1 Å². The molecule has 3 rings (SSSR count). The van der Waals surface area contributed by atoms with Gasteiger partial charge in [-0.05, 0) is 44.4 Å². The van der Waals surface area contributed by atoms with Crippen molar-refractivity contribution >= 4 is 45.5 Å². The molecule has 8 atom stereocenters. The number of nitrogens with zero attached hydrogens (tertiary/aromatic N) is 2. The van der Waals surface area contributed by atoms with Gasteiger partial charge in [0.25, 0.3) is 0 Å². The minimum absolute atomic E-state index is 0.0325. The Balaban J connectivity index is 2.16. The van der Waals surface area contributed by atoms with Gasteiger partial charge in [0.15, 0.2) is 0 Å². The van der Waals surface area contributed by atoms with Crippen LogP contribution in [0, 0.1) is 23.2 Å². The van der Waals surface area contributed by atoms with Gasteiger partial charge in [-0.3, -0.25) is 14.4 Å². The average molecular weight is 642 g/mol. The minimum atomic E-state index is -0.809. The number of rotatable bonds is 13. The summed E-state index contributed by atoms with van der Waals surface area (Å²) in [5.41, 5.74) is -0.558. The lowest BCUT2D eigenvalue weighted by molar-refractivity contribution is -0.154. The summed E-state index contributed by atoms with van der Waals surface area (Å²) in [4.78, 5) is 46.4. The Bertz CT molecular complexity index is 997. The van der Waals surface area contributed by atoms with Gasteiger partial charge in [-0.25, -0.2) is 0 Å². The van der Waals surface area contributed by atoms with Crippen molar-refractivity contribution in [2.24, 2.45) is 23.2 Å². The van der Waals surface area contributed by atoms with Crippen LogP contribution in [0.2, 0.25) is 0 Å². The van der Waals surface area contributed by atoms with E-state index < -0.39 is 40.2 Å². The van der Waals surface area contributed by atoms with E-state index >= 15 is 0 Å². The minimum Gasteiger partial charge on any atom is -0.465 e. The van der Waals surface area contributed by atoms with Gasteiger partial charge in [-0.1, -0.05) is 69.1 Å². The largest absolute Gasteiger partial charge is 0.465 e. The molecule has 40 heavy (non-hydrogen) atoms. The summed E-state index contributed by atoms with van der Waals surface area (Å²) in [5, 5.41) is 10.4. The number of esters is 1. The molecule has 3 saturated heterocycles. The average Bonchev–Trinajstić information content (AvgIpc) is 3.44. The van der Waals surface area contributed by atoms with E-state index in [1.54, 1.807) is 28.8 Å². The zero-order valence-electron chi connectivity index (χ0n) is 25.3. The maximum absolute atomic E-state index is 14.9. The second-order valence-corrected chi connectivity index (χ2v) is 16.3. The van der Waals surface area contributed by atoms with Crippen LogP contribution >= 0.6 is 27.7 Å². The fourth-order valence-corrected chi connectivity index (χ4v) is 11.0. The number of ether oxygens (including phenoxy) is 1. The summed E-state index contributed by atoms with van der Waals surface area (Å²) in [6, 6.07) is -1.34. The number of alkyl halides is 1. The van der Waals surface area contributed by atoms with Gasteiger partial charge < -0.3 is 19.6 Å². The number of thioether (sulfide) groups is 1. The number of aliphatic hydroxyl groups excluding tert-OH is 1. The number of halogens is 1. The van der Waals surface area contributed by atoms with Crippen LogP contribution in [0.3, 0.4) is 0 Å². The Morgan fingerprint density at radius 1 is 1.27 bits per heavy atom. The monoisotopic (exact) mass is 640 g/mol. The van der Waals surface area contributed by atoms with Crippen molar-refractivity contribution in [3.63, 3.8) is 0 Å². The third-order valence-corrected chi connectivity index (χ3v) is 12.1. The third-order valence-electron chi connectivity index (χ3n) is 8.92. The Kier molecular flexibility index (Phi) is 10.4. The van der Waals surface area contributed by atoms with Crippen molar-refractivity contribution in [1.29, 1.82) is 0 Å². The first-order valence-electron chi connectivity index (χ1n) is 14.6. The molecule has 0 saturated carbocycles. The van der Waals surface area contributed by atoms with Gasteiger partial charge in [0.05, 0.1) is 35.8 Å². The summed E-state index contributed by atoms with van der Waals surface area (Å²) >= 11 is 5.41. The number of likely N-dealkylation sites (tertiary alicyclic amines) is 1. The predicted molar refractivity (Wildman–Crippen MR) is 165 cm³/mol. The van der Waals surface area contributed by atoms with Crippen LogP contribution in [-0.4, -0.2) is 84.9 Å². The lowest BCUT2D eigenvalue weighted by Gasteiger charge is -2.47. The van der Waals surface area contributed by atoms with Crippen LogP contribution in [0.4, 0.5) is 0 Å². The molecule has 3 unspecified atom stereocenters. The molecule has 3 aliphatic rings. The van der Waals surface area contributed by atoms with E-state index in [2.05, 4.69) is 63.7 Å². The molecule has 3 fully saturated rings. The SMILES string of the molecule is C=CCCOC(=O)[C@H]1[C@H]2C(=O)N([C@@H](CO)[C@@H](C)CC)C(C(=O)N(CC=C)C(C)(C)CC(C)(C)C)C23CC(Br)[C@@H]1S3. The van der Waals surface area contributed by atoms with Crippen LogP contribution < -0.4 is 0 Å². The number of hydrogen-bond donors (Lipinski definition) is 1. The van der Waals surface area contributed by atoms with Crippen molar-refractivity contribution in [3.05, 3.63) is 25.3 Å². The van der Waals surface area contributed by atoms with Gasteiger partial charge in [0.2, 0.25) is 11.8 Å². The van der Waals surface area contributed by atoms with Crippen LogP contribution in [0.25, 0.3) is 0 Å². The molecule has 3 aliphatic heterocycles. The molecule has 9 heteroatoms. The Labute approximate surface area is 253 Å². The maximum Gasteiger partial charge on any atom is 0.310 e. The molecule has 2 bridgehead atoms. The predicted octanol–water partition coefficient (Wildman–Crippen LogP) is 5.21. The normalized spacial score (nSPS) is 31.1. The van der Waals surface area contributed by atoms with E-state index in [-0.39, 0.29) is 46.4 Å². The molecular formula is C31H49BrN2O5S. The summed E-state index contributed by atoms with van der Waals surface area (Å²) < 4.78 is 4.83. The molecule has 0 aromatic carbocycles. The Morgan fingerprint density at radius 2 is 1.93 bits per heavy atom. The summed E-state index contributed by atoms with van der Waals surface area (Å²) in [5.74, 6) is -2.12. The molecule has 0 aromatic heterocycles. The quantitative estimate of drug-likeness (QED) is 0.129. The highest BCUT2D eigenvalue weighted by Gasteiger charge is 2.77. The van der Waals surface area contributed by atoms with E-state index in [0.717, 1.165) is 12.8 Å². The molecule has 1 spiro atoms. The Hall–Kier alpha value is -1.32. The second kappa shape index (κ2) is 12.5. The fraction of sp³-hybridized carbons (Fsp3) is 0.774. The van der Waals surface area contributed by atoms with Crippen molar-refractivity contribution in [3.8, 4) is 0 Å². The first kappa shape index (κ1) is 33.2. The first-order valence-corrected chi connectivity index (χ1v) is 16.4. The topological polar surface area (TPSA) is 87.1 Å². The molecule has 226 valence electrons. The van der Waals surface area contributed by atoms with E-state index in [9.17, 15) is 19.5 Å². The van der Waals surface area contributed by atoms with Gasteiger partial charge in [0.1, 0.15) is 6.04 Å². The number of carbonyl (C=O) groups excluding carboxylic acids is 3. The molecule has 1 N–H and O–H groups in total. The molecular weight excluding hydrogens is 592 g/mol. The first-order chi connectivity index (χ1) is 18.6. The molecule has 3 heterocycles. The van der Waals surface area contributed by atoms with Crippen LogP contribution in [0.15, 0.2) is 25.3 Å². The highest BCUT2D eigenvalue weighted by molar-refractivity contribution is 9.09. The number of amides is 2. The zero-order valence-corrected chi connectivity index (χ0v) is 27.7. The lowest BCUT2D eigenvalue weighted by Crippen LogP contribution is -2.62. The van der Waals surface area contributed by atoms with E-state index in [4.69, 9.17) is 4.74 Å². The standard InChI is InChI=1S/C31H49BrN2O5S/c1-10-13-15-39-28(38)22-23-26(36)34(21(17-35)19(4)12-3)25(31(23)16-20(32)24(22)40-31)27(37)33(14-11-2)30(8,9)18-29(5,6)7/h10-11,19-25,35H,1-2,12-18H2,3-9H3/t19-,20?,21-,22-,23-,24-,25?,31?/m0/s1. The van der Waals surface area contributed by atoms with Crippen molar-refractivity contribution < 1.29 is 24.2 Å². The highest BCUT2D eigenvalue weighted by Crippen LogP contribution is 2.68.